The average molecular weight is 585 g/mol. The zero-order valence-corrected chi connectivity index (χ0v) is 22.4. The van der Waals surface area contributed by atoms with Gasteiger partial charge in [0.25, 0.3) is 0 Å². The molecule has 0 aliphatic heterocycles. The lowest BCUT2D eigenvalue weighted by atomic mass is 9.83. The van der Waals surface area contributed by atoms with Crippen molar-refractivity contribution in [1.82, 2.24) is 0 Å². The Bertz CT molecular complexity index is 1720. The fraction of sp³-hybridized carbons (Fsp3) is 0.235. The van der Waals surface area contributed by atoms with Crippen LogP contribution < -0.4 is 0 Å². The fourth-order valence-corrected chi connectivity index (χ4v) is 5.33. The largest absolute Gasteiger partial charge is 0.458 e. The van der Waals surface area contributed by atoms with Crippen molar-refractivity contribution in [3.05, 3.63) is 101 Å². The molecule has 216 valence electrons. The molecule has 0 spiro atoms. The van der Waals surface area contributed by atoms with Crippen LogP contribution in [0.1, 0.15) is 43.7 Å². The van der Waals surface area contributed by atoms with Crippen LogP contribution in [0.3, 0.4) is 0 Å². The molecule has 1 fully saturated rings. The van der Waals surface area contributed by atoms with Gasteiger partial charge in [-0.15, -0.1) is 0 Å². The maximum absolute atomic E-state index is 15.2. The molecule has 0 atom stereocenters. The van der Waals surface area contributed by atoms with Gasteiger partial charge in [0, 0.05) is 16.9 Å². The Kier molecular flexibility index (Phi) is 8.14. The summed E-state index contributed by atoms with van der Waals surface area (Å²) in [6.07, 6.45) is 3.47. The number of hydrogen-bond donors (Lipinski definition) is 0. The molecule has 0 nitrogen and oxygen atoms in total. The monoisotopic (exact) mass is 584 g/mol. The second-order valence-electron chi connectivity index (χ2n) is 10.7. The minimum absolute atomic E-state index is 0.00172. The van der Waals surface area contributed by atoms with E-state index in [1.54, 1.807) is 6.07 Å². The van der Waals surface area contributed by atoms with Crippen LogP contribution in [0.5, 0.6) is 0 Å². The molecular weight excluding hydrogens is 560 g/mol. The molecule has 1 aliphatic rings. The third-order valence-electron chi connectivity index (χ3n) is 7.61. The van der Waals surface area contributed by atoms with Gasteiger partial charge in [-0.3, -0.25) is 0 Å². The highest BCUT2D eigenvalue weighted by Crippen LogP contribution is 2.35. The Morgan fingerprint density at radius 3 is 2.07 bits per heavy atom. The van der Waals surface area contributed by atoms with E-state index in [1.807, 2.05) is 6.08 Å². The number of fused-ring (bicyclic) bond motifs is 1. The van der Waals surface area contributed by atoms with Gasteiger partial charge in [-0.2, -0.15) is 13.2 Å². The maximum atomic E-state index is 15.2. The lowest BCUT2D eigenvalue weighted by molar-refractivity contribution is -0.0696. The summed E-state index contributed by atoms with van der Waals surface area (Å²) in [7, 11) is 0. The van der Waals surface area contributed by atoms with Crippen LogP contribution in [0.4, 0.5) is 35.1 Å². The van der Waals surface area contributed by atoms with E-state index in [-0.39, 0.29) is 27.5 Å². The van der Waals surface area contributed by atoms with Gasteiger partial charge in [0.1, 0.15) is 29.1 Å². The molecule has 0 bridgehead atoms. The normalized spacial score (nSPS) is 17.5. The summed E-state index contributed by atoms with van der Waals surface area (Å²) in [5.41, 5.74) is -1.05. The molecule has 0 amide bonds. The van der Waals surface area contributed by atoms with E-state index in [1.165, 1.54) is 18.1 Å². The minimum atomic E-state index is -4.95. The Morgan fingerprint density at radius 1 is 0.738 bits per heavy atom. The number of benzene rings is 4. The van der Waals surface area contributed by atoms with Crippen LogP contribution in [0.2, 0.25) is 0 Å². The Balaban J connectivity index is 1.44. The third kappa shape index (κ3) is 6.35. The first kappa shape index (κ1) is 29.4. The highest BCUT2D eigenvalue weighted by atomic mass is 19.4. The van der Waals surface area contributed by atoms with Crippen LogP contribution in [0.25, 0.3) is 39.1 Å². The van der Waals surface area contributed by atoms with Gasteiger partial charge < -0.3 is 0 Å². The number of allylic oxidation sites excluding steroid dienone is 1. The molecule has 4 aromatic carbocycles. The molecule has 8 heteroatoms. The van der Waals surface area contributed by atoms with E-state index in [4.69, 9.17) is 0 Å². The fourth-order valence-electron chi connectivity index (χ4n) is 5.33. The van der Waals surface area contributed by atoms with Crippen molar-refractivity contribution in [1.29, 1.82) is 0 Å². The van der Waals surface area contributed by atoms with E-state index in [0.29, 0.717) is 17.4 Å². The SMILES string of the molecule is CC1CCC(/C=C/c2ccc(-c3cc(F)c(-c4ccc5c(F)c(C#CC(F)(F)F)c(F)cc5c4)c(F)c3)c(F)c2)CC1. The van der Waals surface area contributed by atoms with Crippen molar-refractivity contribution >= 4 is 16.8 Å². The van der Waals surface area contributed by atoms with Crippen LogP contribution in [0, 0.1) is 52.8 Å². The van der Waals surface area contributed by atoms with Crippen molar-refractivity contribution < 1.29 is 35.1 Å². The Hall–Kier alpha value is -4.12. The number of hydrogen-bond acceptors (Lipinski definition) is 0. The first-order valence-electron chi connectivity index (χ1n) is 13.4. The predicted octanol–water partition coefficient (Wildman–Crippen LogP) is 10.6. The van der Waals surface area contributed by atoms with Gasteiger partial charge in [0.2, 0.25) is 0 Å². The topological polar surface area (TPSA) is 0 Å². The quantitative estimate of drug-likeness (QED) is 0.165. The first-order chi connectivity index (χ1) is 19.9. The molecule has 0 saturated heterocycles. The smallest absolute Gasteiger partial charge is 0.206 e. The van der Waals surface area contributed by atoms with E-state index >= 15 is 13.2 Å². The summed E-state index contributed by atoms with van der Waals surface area (Å²) in [6.45, 7) is 2.23. The van der Waals surface area contributed by atoms with Crippen molar-refractivity contribution in [2.24, 2.45) is 11.8 Å². The van der Waals surface area contributed by atoms with Gasteiger partial charge >= 0.3 is 6.18 Å². The van der Waals surface area contributed by atoms with Gasteiger partial charge in [0.15, 0.2) is 0 Å². The second kappa shape index (κ2) is 11.6. The molecular formula is C34H24F8. The van der Waals surface area contributed by atoms with Crippen LogP contribution in [0.15, 0.2) is 60.7 Å². The Labute approximate surface area is 237 Å². The van der Waals surface area contributed by atoms with E-state index in [2.05, 4.69) is 13.0 Å². The molecule has 0 unspecified atom stereocenters. The zero-order valence-electron chi connectivity index (χ0n) is 22.4. The van der Waals surface area contributed by atoms with Crippen molar-refractivity contribution in [2.75, 3.05) is 0 Å². The van der Waals surface area contributed by atoms with Gasteiger partial charge in [-0.1, -0.05) is 62.1 Å². The number of halogens is 8. The molecule has 0 heterocycles. The molecule has 4 aromatic rings. The molecule has 0 aromatic heterocycles. The lowest BCUT2D eigenvalue weighted by Gasteiger charge is -2.23. The van der Waals surface area contributed by atoms with Crippen molar-refractivity contribution in [3.63, 3.8) is 0 Å². The number of rotatable bonds is 4. The lowest BCUT2D eigenvalue weighted by Crippen LogP contribution is -2.09. The third-order valence-corrected chi connectivity index (χ3v) is 7.61. The molecule has 5 rings (SSSR count). The minimum Gasteiger partial charge on any atom is -0.206 e. The summed E-state index contributed by atoms with van der Waals surface area (Å²) in [6, 6.07) is 10.4. The zero-order chi connectivity index (χ0) is 30.2. The van der Waals surface area contributed by atoms with E-state index < -0.39 is 46.4 Å². The summed E-state index contributed by atoms with van der Waals surface area (Å²) in [5.74, 6) is -1.97. The highest BCUT2D eigenvalue weighted by molar-refractivity contribution is 5.89. The standard InChI is InChI=1S/C34H24F8/c1-19-2-4-20(5-3-19)6-7-21-8-10-25(28(35)14-21)24-17-30(37)32(31(38)18-24)22-9-11-26-23(15-22)16-29(36)27(33(26)39)12-13-34(40,41)42/h6-11,14-20H,2-5H2,1H3/b7-6+. The van der Waals surface area contributed by atoms with Gasteiger partial charge in [0.05, 0.1) is 11.1 Å². The van der Waals surface area contributed by atoms with E-state index in [9.17, 15) is 22.0 Å². The maximum Gasteiger partial charge on any atom is 0.458 e. The predicted molar refractivity (Wildman–Crippen MR) is 148 cm³/mol. The summed E-state index contributed by atoms with van der Waals surface area (Å²) < 4.78 is 112. The number of alkyl halides is 3. The molecule has 0 radical (unpaired) electrons. The van der Waals surface area contributed by atoms with E-state index in [0.717, 1.165) is 68.0 Å². The highest BCUT2D eigenvalue weighted by Gasteiger charge is 2.24. The van der Waals surface area contributed by atoms with Crippen LogP contribution in [-0.4, -0.2) is 6.18 Å². The van der Waals surface area contributed by atoms with Gasteiger partial charge in [-0.05, 0) is 77.1 Å². The van der Waals surface area contributed by atoms with Crippen LogP contribution in [-0.2, 0) is 0 Å². The second-order valence-corrected chi connectivity index (χ2v) is 10.7. The first-order valence-corrected chi connectivity index (χ1v) is 13.4. The van der Waals surface area contributed by atoms with Gasteiger partial charge in [-0.25, -0.2) is 22.0 Å². The molecule has 0 N–H and O–H groups in total. The molecule has 1 saturated carbocycles. The summed E-state index contributed by atoms with van der Waals surface area (Å²) in [5, 5.41) is -0.418. The summed E-state index contributed by atoms with van der Waals surface area (Å²) in [4.78, 5) is 0. The molecule has 1 aliphatic carbocycles. The van der Waals surface area contributed by atoms with Crippen molar-refractivity contribution in [3.8, 4) is 34.1 Å². The average Bonchev–Trinajstić information content (AvgIpc) is 2.91. The van der Waals surface area contributed by atoms with Crippen LogP contribution >= 0.6 is 0 Å². The molecule has 42 heavy (non-hydrogen) atoms. The summed E-state index contributed by atoms with van der Waals surface area (Å²) >= 11 is 0. The van der Waals surface area contributed by atoms with Crippen molar-refractivity contribution in [2.45, 2.75) is 38.8 Å². The Morgan fingerprint density at radius 2 is 1.43 bits per heavy atom.